The molecular weight excluding hydrogens is 212 g/mol. The van der Waals surface area contributed by atoms with Crippen LogP contribution in [0.3, 0.4) is 0 Å². The van der Waals surface area contributed by atoms with Crippen molar-refractivity contribution in [1.29, 1.82) is 0 Å². The van der Waals surface area contributed by atoms with Crippen LogP contribution in [-0.4, -0.2) is 42.3 Å². The van der Waals surface area contributed by atoms with Gasteiger partial charge >= 0.3 is 0 Å². The second kappa shape index (κ2) is 6.17. The van der Waals surface area contributed by atoms with Crippen LogP contribution in [0.2, 0.25) is 0 Å². The molecule has 102 valence electrons. The monoisotopic (exact) mass is 242 g/mol. The molecule has 0 radical (unpaired) electrons. The highest BCUT2D eigenvalue weighted by Gasteiger charge is 2.41. The molecule has 2 unspecified atom stereocenters. The predicted molar refractivity (Wildman–Crippen MR) is 73.1 cm³/mol. The van der Waals surface area contributed by atoms with E-state index in [1.807, 2.05) is 0 Å². The van der Waals surface area contributed by atoms with Crippen LogP contribution in [0.4, 0.5) is 0 Å². The summed E-state index contributed by atoms with van der Waals surface area (Å²) in [6.45, 7) is 13.9. The van der Waals surface area contributed by atoms with Crippen molar-refractivity contribution in [1.82, 2.24) is 4.90 Å². The zero-order valence-electron chi connectivity index (χ0n) is 12.2. The minimum atomic E-state index is 0.149. The predicted octanol–water partition coefficient (Wildman–Crippen LogP) is 2.25. The lowest BCUT2D eigenvalue weighted by atomic mass is 9.81. The Labute approximate surface area is 107 Å². The Kier molecular flexibility index (Phi) is 5.42. The first-order chi connectivity index (χ1) is 7.96. The first kappa shape index (κ1) is 14.9. The average Bonchev–Trinajstić information content (AvgIpc) is 2.29. The van der Waals surface area contributed by atoms with Crippen LogP contribution in [0.5, 0.6) is 0 Å². The smallest absolute Gasteiger partial charge is 0.0616 e. The minimum Gasteiger partial charge on any atom is -0.378 e. The summed E-state index contributed by atoms with van der Waals surface area (Å²) in [7, 11) is 0. The third-order valence-corrected chi connectivity index (χ3v) is 4.18. The van der Waals surface area contributed by atoms with Gasteiger partial charge in [-0.25, -0.2) is 0 Å². The first-order valence-corrected chi connectivity index (χ1v) is 7.05. The third-order valence-electron chi connectivity index (χ3n) is 4.18. The molecule has 0 aromatic carbocycles. The van der Waals surface area contributed by atoms with E-state index in [1.54, 1.807) is 0 Å². The fraction of sp³-hybridized carbons (Fsp3) is 1.00. The largest absolute Gasteiger partial charge is 0.378 e. The average molecular weight is 242 g/mol. The first-order valence-electron chi connectivity index (χ1n) is 7.05. The van der Waals surface area contributed by atoms with Gasteiger partial charge in [-0.1, -0.05) is 20.8 Å². The number of rotatable bonds is 5. The molecule has 3 nitrogen and oxygen atoms in total. The topological polar surface area (TPSA) is 38.5 Å². The SMILES string of the molecule is CCN(C(C)C)C1(CN)CCOC(C(C)C)C1. The number of likely N-dealkylation sites (N-methyl/N-ethyl adjacent to an activating group) is 1. The summed E-state index contributed by atoms with van der Waals surface area (Å²) in [6, 6.07) is 0.550. The molecule has 0 aromatic rings. The Morgan fingerprint density at radius 2 is 2.00 bits per heavy atom. The van der Waals surface area contributed by atoms with E-state index in [0.29, 0.717) is 18.1 Å². The highest BCUT2D eigenvalue weighted by atomic mass is 16.5. The van der Waals surface area contributed by atoms with Crippen LogP contribution in [0.1, 0.15) is 47.5 Å². The zero-order valence-corrected chi connectivity index (χ0v) is 12.2. The van der Waals surface area contributed by atoms with Gasteiger partial charge in [0, 0.05) is 24.7 Å². The molecule has 3 heteroatoms. The zero-order chi connectivity index (χ0) is 13.1. The molecule has 0 aliphatic carbocycles. The van der Waals surface area contributed by atoms with Gasteiger partial charge in [0.25, 0.3) is 0 Å². The maximum absolute atomic E-state index is 6.12. The highest BCUT2D eigenvalue weighted by Crippen LogP contribution is 2.34. The molecule has 2 atom stereocenters. The molecule has 0 saturated carbocycles. The highest BCUT2D eigenvalue weighted by molar-refractivity contribution is 4.97. The fourth-order valence-corrected chi connectivity index (χ4v) is 3.18. The summed E-state index contributed by atoms with van der Waals surface area (Å²) < 4.78 is 5.89. The number of ether oxygens (including phenoxy) is 1. The number of hydrogen-bond acceptors (Lipinski definition) is 3. The van der Waals surface area contributed by atoms with E-state index >= 15 is 0 Å². The second-order valence-electron chi connectivity index (χ2n) is 5.92. The van der Waals surface area contributed by atoms with Gasteiger partial charge in [0.05, 0.1) is 6.10 Å². The van der Waals surface area contributed by atoms with Gasteiger partial charge in [0.1, 0.15) is 0 Å². The van der Waals surface area contributed by atoms with E-state index in [2.05, 4.69) is 39.5 Å². The lowest BCUT2D eigenvalue weighted by Gasteiger charge is -2.50. The Hall–Kier alpha value is -0.120. The van der Waals surface area contributed by atoms with Crippen LogP contribution in [0, 0.1) is 5.92 Å². The molecule has 1 saturated heterocycles. The van der Waals surface area contributed by atoms with Crippen molar-refractivity contribution in [2.24, 2.45) is 11.7 Å². The van der Waals surface area contributed by atoms with Crippen LogP contribution >= 0.6 is 0 Å². The lowest BCUT2D eigenvalue weighted by Crippen LogP contribution is -2.61. The van der Waals surface area contributed by atoms with Crippen LogP contribution in [0.15, 0.2) is 0 Å². The van der Waals surface area contributed by atoms with Crippen molar-refractivity contribution in [3.8, 4) is 0 Å². The van der Waals surface area contributed by atoms with Gasteiger partial charge in [-0.05, 0) is 39.2 Å². The Morgan fingerprint density at radius 3 is 2.41 bits per heavy atom. The van der Waals surface area contributed by atoms with E-state index in [4.69, 9.17) is 10.5 Å². The summed E-state index contributed by atoms with van der Waals surface area (Å²) in [6.07, 6.45) is 2.51. The van der Waals surface area contributed by atoms with Gasteiger partial charge in [-0.15, -0.1) is 0 Å². The number of nitrogens with two attached hydrogens (primary N) is 1. The van der Waals surface area contributed by atoms with Gasteiger partial charge in [0.2, 0.25) is 0 Å². The fourth-order valence-electron chi connectivity index (χ4n) is 3.18. The van der Waals surface area contributed by atoms with Crippen molar-refractivity contribution in [2.45, 2.75) is 65.1 Å². The molecule has 1 aliphatic heterocycles. The maximum atomic E-state index is 6.12. The van der Waals surface area contributed by atoms with Crippen molar-refractivity contribution >= 4 is 0 Å². The van der Waals surface area contributed by atoms with Gasteiger partial charge in [-0.2, -0.15) is 0 Å². The standard InChI is InChI=1S/C14H30N2O/c1-6-16(12(4)5)14(10-15)7-8-17-13(9-14)11(2)3/h11-13H,6-10,15H2,1-5H3. The Bertz CT molecular complexity index is 230. The Balaban J connectivity index is 2.86. The molecule has 0 bridgehead atoms. The second-order valence-corrected chi connectivity index (χ2v) is 5.92. The third kappa shape index (κ3) is 3.21. The van der Waals surface area contributed by atoms with Crippen LogP contribution in [0.25, 0.3) is 0 Å². The summed E-state index contributed by atoms with van der Waals surface area (Å²) in [5.74, 6) is 0.576. The summed E-state index contributed by atoms with van der Waals surface area (Å²) in [5.41, 5.74) is 6.27. The van der Waals surface area contributed by atoms with E-state index in [0.717, 1.165) is 32.5 Å². The summed E-state index contributed by atoms with van der Waals surface area (Å²) in [5, 5.41) is 0. The van der Waals surface area contributed by atoms with E-state index in [-0.39, 0.29) is 5.54 Å². The normalized spacial score (nSPS) is 30.5. The Morgan fingerprint density at radius 1 is 1.35 bits per heavy atom. The molecule has 17 heavy (non-hydrogen) atoms. The van der Waals surface area contributed by atoms with Crippen LogP contribution in [-0.2, 0) is 4.74 Å². The molecule has 0 spiro atoms. The molecule has 0 amide bonds. The van der Waals surface area contributed by atoms with Gasteiger partial charge < -0.3 is 10.5 Å². The lowest BCUT2D eigenvalue weighted by molar-refractivity contribution is -0.0938. The van der Waals surface area contributed by atoms with Crippen molar-refractivity contribution in [2.75, 3.05) is 19.7 Å². The quantitative estimate of drug-likeness (QED) is 0.803. The molecule has 1 aliphatic rings. The summed E-state index contributed by atoms with van der Waals surface area (Å²) >= 11 is 0. The van der Waals surface area contributed by atoms with Crippen molar-refractivity contribution < 1.29 is 4.74 Å². The number of nitrogens with zero attached hydrogens (tertiary/aromatic N) is 1. The molecule has 0 aromatic heterocycles. The van der Waals surface area contributed by atoms with E-state index in [9.17, 15) is 0 Å². The number of hydrogen-bond donors (Lipinski definition) is 1. The van der Waals surface area contributed by atoms with Crippen molar-refractivity contribution in [3.05, 3.63) is 0 Å². The molecule has 1 rings (SSSR count). The molecule has 2 N–H and O–H groups in total. The molecule has 1 heterocycles. The maximum Gasteiger partial charge on any atom is 0.0616 e. The summed E-state index contributed by atoms with van der Waals surface area (Å²) in [4.78, 5) is 2.56. The minimum absolute atomic E-state index is 0.149. The van der Waals surface area contributed by atoms with Crippen LogP contribution < -0.4 is 5.73 Å². The molecule has 1 fully saturated rings. The van der Waals surface area contributed by atoms with E-state index in [1.165, 1.54) is 0 Å². The molecular formula is C14H30N2O. The van der Waals surface area contributed by atoms with Crippen molar-refractivity contribution in [3.63, 3.8) is 0 Å². The van der Waals surface area contributed by atoms with Gasteiger partial charge in [0.15, 0.2) is 0 Å². The van der Waals surface area contributed by atoms with Gasteiger partial charge in [-0.3, -0.25) is 4.90 Å². The van der Waals surface area contributed by atoms with E-state index < -0.39 is 0 Å².